The van der Waals surface area contributed by atoms with Gasteiger partial charge in [0.25, 0.3) is 5.69 Å². The van der Waals surface area contributed by atoms with Gasteiger partial charge in [-0.1, -0.05) is 29.8 Å². The highest BCUT2D eigenvalue weighted by molar-refractivity contribution is 6.30. The van der Waals surface area contributed by atoms with Crippen LogP contribution in [0.2, 0.25) is 5.02 Å². The highest BCUT2D eigenvalue weighted by Gasteiger charge is 2.34. The van der Waals surface area contributed by atoms with Gasteiger partial charge >= 0.3 is 12.1 Å². The minimum absolute atomic E-state index is 0.0399. The van der Waals surface area contributed by atoms with Gasteiger partial charge in [-0.05, 0) is 24.3 Å². The predicted octanol–water partition coefficient (Wildman–Crippen LogP) is 5.86. The number of halogens is 4. The number of rotatable bonds is 3. The Kier molecular flexibility index (Phi) is 4.30. The highest BCUT2D eigenvalue weighted by atomic mass is 35.5. The molecule has 1 heterocycles. The maximum Gasteiger partial charge on any atom is 0.417 e. The molecular formula is C18H12ClF3NO2+. The van der Waals surface area contributed by atoms with E-state index < -0.39 is 11.7 Å². The molecule has 0 spiro atoms. The lowest BCUT2D eigenvalue weighted by Gasteiger charge is -2.10. The van der Waals surface area contributed by atoms with E-state index >= 15 is 0 Å². The van der Waals surface area contributed by atoms with Crippen LogP contribution in [0.15, 0.2) is 59.0 Å². The lowest BCUT2D eigenvalue weighted by molar-refractivity contribution is -0.137. The van der Waals surface area contributed by atoms with Gasteiger partial charge in [0.2, 0.25) is 0 Å². The molecule has 0 radical (unpaired) electrons. The lowest BCUT2D eigenvalue weighted by Crippen LogP contribution is -2.06. The van der Waals surface area contributed by atoms with E-state index in [0.717, 1.165) is 6.07 Å². The van der Waals surface area contributed by atoms with Crippen molar-refractivity contribution in [2.24, 2.45) is 0 Å². The van der Waals surface area contributed by atoms with Gasteiger partial charge in [-0.3, -0.25) is 0 Å². The summed E-state index contributed by atoms with van der Waals surface area (Å²) in [6.45, 7) is 3.76. The van der Waals surface area contributed by atoms with Crippen LogP contribution in [-0.2, 0) is 6.18 Å². The van der Waals surface area contributed by atoms with Crippen LogP contribution in [0.4, 0.5) is 24.7 Å². The Hall–Kier alpha value is -2.73. The summed E-state index contributed by atoms with van der Waals surface area (Å²) in [6, 6.07) is 12.4. The average molecular weight is 367 g/mol. The second-order valence-electron chi connectivity index (χ2n) is 5.24. The molecule has 0 fully saturated rings. The van der Waals surface area contributed by atoms with Crippen molar-refractivity contribution in [3.63, 3.8) is 0 Å². The van der Waals surface area contributed by atoms with E-state index in [2.05, 4.69) is 6.72 Å². The third-order valence-electron chi connectivity index (χ3n) is 3.58. The summed E-state index contributed by atoms with van der Waals surface area (Å²) >= 11 is 5.90. The molecule has 0 aliphatic rings. The third-order valence-corrected chi connectivity index (χ3v) is 3.82. The normalized spacial score (nSPS) is 11.5. The molecule has 0 saturated heterocycles. The number of phenols is 1. The predicted molar refractivity (Wildman–Crippen MR) is 90.8 cm³/mol. The molecule has 7 heteroatoms. The van der Waals surface area contributed by atoms with Crippen molar-refractivity contribution in [3.05, 3.63) is 65.2 Å². The highest BCUT2D eigenvalue weighted by Crippen LogP contribution is 2.39. The van der Waals surface area contributed by atoms with E-state index in [9.17, 15) is 18.3 Å². The van der Waals surface area contributed by atoms with E-state index in [4.69, 9.17) is 16.0 Å². The van der Waals surface area contributed by atoms with Gasteiger partial charge in [-0.25, -0.2) is 0 Å². The van der Waals surface area contributed by atoms with E-state index in [1.807, 2.05) is 0 Å². The van der Waals surface area contributed by atoms with Crippen LogP contribution in [0.1, 0.15) is 5.56 Å². The van der Waals surface area contributed by atoms with E-state index in [1.54, 1.807) is 0 Å². The Morgan fingerprint density at radius 3 is 2.48 bits per heavy atom. The summed E-state index contributed by atoms with van der Waals surface area (Å²) in [5.74, 6) is 0.107. The minimum Gasteiger partial charge on any atom is -0.502 e. The average Bonchev–Trinajstić information content (AvgIpc) is 3.05. The fourth-order valence-electron chi connectivity index (χ4n) is 2.39. The summed E-state index contributed by atoms with van der Waals surface area (Å²) in [4.78, 5) is 0. The monoisotopic (exact) mass is 366 g/mol. The first kappa shape index (κ1) is 17.1. The molecule has 3 nitrogen and oxygen atoms in total. The van der Waals surface area contributed by atoms with E-state index in [0.29, 0.717) is 5.02 Å². The van der Waals surface area contributed by atoms with E-state index in [1.165, 1.54) is 53.1 Å². The van der Waals surface area contributed by atoms with Crippen LogP contribution < -0.4 is 4.58 Å². The quantitative estimate of drug-likeness (QED) is 0.465. The molecule has 0 amide bonds. The molecule has 0 bridgehead atoms. The molecule has 0 aliphatic heterocycles. The summed E-state index contributed by atoms with van der Waals surface area (Å²) in [6.07, 6.45) is -4.50. The van der Waals surface area contributed by atoms with Crippen molar-refractivity contribution >= 4 is 29.9 Å². The molecule has 0 saturated carbocycles. The first-order valence-corrected chi connectivity index (χ1v) is 7.51. The van der Waals surface area contributed by atoms with Crippen LogP contribution in [0.5, 0.6) is 5.75 Å². The number of hydrogen-bond acceptors (Lipinski definition) is 2. The molecule has 0 aliphatic carbocycles. The maximum absolute atomic E-state index is 13.1. The van der Waals surface area contributed by atoms with Crippen LogP contribution in [0.3, 0.4) is 0 Å². The largest absolute Gasteiger partial charge is 0.502 e. The summed E-state index contributed by atoms with van der Waals surface area (Å²) in [5.41, 5.74) is -0.611. The van der Waals surface area contributed by atoms with Crippen LogP contribution in [0, 0.1) is 0 Å². The Balaban J connectivity index is 2.02. The van der Waals surface area contributed by atoms with Crippen LogP contribution >= 0.6 is 11.6 Å². The molecule has 2 aromatic carbocycles. The summed E-state index contributed by atoms with van der Waals surface area (Å²) in [5, 5.41) is 10.3. The van der Waals surface area contributed by atoms with Crippen LogP contribution in [0.25, 0.3) is 11.3 Å². The SMILES string of the molecule is C=[N+](c1ccc(-c2ccccc2C(F)(F)F)o1)c1cc(Cl)ccc1O. The molecule has 0 unspecified atom stereocenters. The molecule has 25 heavy (non-hydrogen) atoms. The van der Waals surface area contributed by atoms with Crippen molar-refractivity contribution in [3.8, 4) is 17.1 Å². The van der Waals surface area contributed by atoms with Crippen molar-refractivity contribution < 1.29 is 22.7 Å². The number of phenolic OH excluding ortho intramolecular Hbond substituents is 1. The van der Waals surface area contributed by atoms with Gasteiger partial charge < -0.3 is 9.52 Å². The van der Waals surface area contributed by atoms with Crippen molar-refractivity contribution in [2.45, 2.75) is 6.18 Å². The van der Waals surface area contributed by atoms with Gasteiger partial charge in [0.1, 0.15) is 12.5 Å². The Morgan fingerprint density at radius 2 is 1.76 bits per heavy atom. The second-order valence-corrected chi connectivity index (χ2v) is 5.68. The van der Waals surface area contributed by atoms with Gasteiger partial charge in [-0.15, -0.1) is 4.58 Å². The number of nitrogens with zero attached hydrogens (tertiary/aromatic N) is 1. The zero-order valence-electron chi connectivity index (χ0n) is 12.7. The second kappa shape index (κ2) is 6.29. The first-order valence-electron chi connectivity index (χ1n) is 7.13. The molecular weight excluding hydrogens is 355 g/mol. The molecule has 1 N–H and O–H groups in total. The number of benzene rings is 2. The van der Waals surface area contributed by atoms with Crippen LogP contribution in [-0.4, -0.2) is 11.8 Å². The summed E-state index contributed by atoms with van der Waals surface area (Å²) < 4.78 is 46.2. The summed E-state index contributed by atoms with van der Waals surface area (Å²) in [7, 11) is 0. The van der Waals surface area contributed by atoms with Crippen molar-refractivity contribution in [1.29, 1.82) is 0 Å². The number of alkyl halides is 3. The Morgan fingerprint density at radius 1 is 1.04 bits per heavy atom. The number of hydrogen-bond donors (Lipinski definition) is 1. The molecule has 128 valence electrons. The molecule has 3 rings (SSSR count). The molecule has 3 aromatic rings. The zero-order chi connectivity index (χ0) is 18.2. The standard InChI is InChI=1S/C18H11ClF3NO2/c1-23(14-10-11(19)6-7-15(14)24)17-9-8-16(25-17)12-4-2-3-5-13(12)18(20,21)22/h2-10H,1H2/p+1. The topological polar surface area (TPSA) is 36.4 Å². The van der Waals surface area contributed by atoms with Gasteiger partial charge in [0.15, 0.2) is 5.75 Å². The molecule has 0 atom stereocenters. The van der Waals surface area contributed by atoms with E-state index in [-0.39, 0.29) is 28.6 Å². The van der Waals surface area contributed by atoms with Crippen molar-refractivity contribution in [2.75, 3.05) is 0 Å². The zero-order valence-corrected chi connectivity index (χ0v) is 13.5. The molecule has 1 aromatic heterocycles. The minimum atomic E-state index is -4.50. The fourth-order valence-corrected chi connectivity index (χ4v) is 2.56. The van der Waals surface area contributed by atoms with Gasteiger partial charge in [-0.2, -0.15) is 13.2 Å². The van der Waals surface area contributed by atoms with Crippen molar-refractivity contribution in [1.82, 2.24) is 4.58 Å². The lowest BCUT2D eigenvalue weighted by atomic mass is 10.1. The number of furan rings is 1. The first-order chi connectivity index (χ1) is 11.8. The third kappa shape index (κ3) is 3.39. The Labute approximate surface area is 146 Å². The van der Waals surface area contributed by atoms with Gasteiger partial charge in [0.05, 0.1) is 11.6 Å². The Bertz CT molecular complexity index is 947. The fraction of sp³-hybridized carbons (Fsp3) is 0.0556. The smallest absolute Gasteiger partial charge is 0.417 e. The number of aromatic hydroxyl groups is 1. The van der Waals surface area contributed by atoms with Gasteiger partial charge in [0, 0.05) is 16.7 Å². The maximum atomic E-state index is 13.1.